The average molecular weight is 440 g/mol. The average Bonchev–Trinajstić information content (AvgIpc) is 2.86. The molecule has 2 N–H and O–H groups in total. The quantitative estimate of drug-likeness (QED) is 0.274. The molecule has 1 heteroatoms. The summed E-state index contributed by atoms with van der Waals surface area (Å²) < 4.78 is 0. The molecule has 0 saturated heterocycles. The van der Waals surface area contributed by atoms with E-state index >= 15 is 0 Å². The molecule has 6 aromatic rings. The van der Waals surface area contributed by atoms with Gasteiger partial charge in [-0.1, -0.05) is 118 Å². The number of hydrogen-bond donors (Lipinski definition) is 1. The van der Waals surface area contributed by atoms with Gasteiger partial charge in [0.2, 0.25) is 0 Å². The summed E-state index contributed by atoms with van der Waals surface area (Å²) in [5.74, 6) is 0. The summed E-state index contributed by atoms with van der Waals surface area (Å²) in [5.41, 5.74) is 13.5. The summed E-state index contributed by atoms with van der Waals surface area (Å²) in [6.07, 6.45) is 0. The van der Waals surface area contributed by atoms with Crippen LogP contribution in [0.15, 0.2) is 97.1 Å². The molecule has 0 spiro atoms. The number of nitrogens with two attached hydrogens (primary N) is 1. The van der Waals surface area contributed by atoms with E-state index in [1.165, 1.54) is 60.1 Å². The van der Waals surface area contributed by atoms with Crippen LogP contribution in [0.25, 0.3) is 54.6 Å². The van der Waals surface area contributed by atoms with Crippen LogP contribution in [0.4, 0.5) is 0 Å². The second-order valence-electron chi connectivity index (χ2n) is 10.4. The maximum Gasteiger partial charge on any atom is 0.0178 e. The second-order valence-corrected chi connectivity index (χ2v) is 10.4. The van der Waals surface area contributed by atoms with Gasteiger partial charge in [0.25, 0.3) is 0 Å². The molecule has 0 aliphatic rings. The monoisotopic (exact) mass is 439 g/mol. The Hall–Kier alpha value is -3.68. The minimum atomic E-state index is 0.119. The highest BCUT2D eigenvalue weighted by atomic mass is 14.5. The Morgan fingerprint density at radius 2 is 1.15 bits per heavy atom. The molecular weight excluding hydrogens is 410 g/mol. The van der Waals surface area contributed by atoms with Crippen LogP contribution in [0.1, 0.15) is 31.9 Å². The first-order valence-corrected chi connectivity index (χ1v) is 12.0. The van der Waals surface area contributed by atoms with Gasteiger partial charge < -0.3 is 5.73 Å². The van der Waals surface area contributed by atoms with Gasteiger partial charge in [0, 0.05) is 6.54 Å². The van der Waals surface area contributed by atoms with E-state index in [9.17, 15) is 0 Å². The van der Waals surface area contributed by atoms with Crippen molar-refractivity contribution in [2.45, 2.75) is 32.7 Å². The largest absolute Gasteiger partial charge is 0.326 e. The lowest BCUT2D eigenvalue weighted by Gasteiger charge is -2.21. The van der Waals surface area contributed by atoms with Crippen molar-refractivity contribution in [3.05, 3.63) is 108 Å². The van der Waals surface area contributed by atoms with Gasteiger partial charge in [0.1, 0.15) is 0 Å². The Morgan fingerprint density at radius 1 is 0.588 bits per heavy atom. The van der Waals surface area contributed by atoms with Crippen molar-refractivity contribution >= 4 is 32.3 Å². The molecule has 0 saturated carbocycles. The number of benzene rings is 6. The van der Waals surface area contributed by atoms with E-state index in [4.69, 9.17) is 5.73 Å². The van der Waals surface area contributed by atoms with Crippen LogP contribution in [0.2, 0.25) is 0 Å². The van der Waals surface area contributed by atoms with Gasteiger partial charge in [-0.2, -0.15) is 0 Å². The molecule has 0 radical (unpaired) electrons. The summed E-state index contributed by atoms with van der Waals surface area (Å²) in [5, 5.41) is 7.91. The molecule has 0 aromatic heterocycles. The zero-order valence-electron chi connectivity index (χ0n) is 20.0. The van der Waals surface area contributed by atoms with E-state index in [1.54, 1.807) is 0 Å². The molecule has 0 amide bonds. The van der Waals surface area contributed by atoms with Crippen molar-refractivity contribution in [2.24, 2.45) is 5.73 Å². The fraction of sp³-hybridized carbons (Fsp3) is 0.152. The topological polar surface area (TPSA) is 26.0 Å². The first-order chi connectivity index (χ1) is 16.4. The van der Waals surface area contributed by atoms with Crippen LogP contribution >= 0.6 is 0 Å². The highest BCUT2D eigenvalue weighted by Gasteiger charge is 2.17. The van der Waals surface area contributed by atoms with E-state index in [0.717, 1.165) is 5.56 Å². The van der Waals surface area contributed by atoms with Gasteiger partial charge in [-0.25, -0.2) is 0 Å². The van der Waals surface area contributed by atoms with Crippen molar-refractivity contribution in [3.8, 4) is 22.3 Å². The van der Waals surface area contributed by atoms with Crippen LogP contribution in [-0.4, -0.2) is 0 Å². The molecule has 0 atom stereocenters. The van der Waals surface area contributed by atoms with Gasteiger partial charge in [-0.3, -0.25) is 0 Å². The van der Waals surface area contributed by atoms with E-state index in [0.29, 0.717) is 6.54 Å². The van der Waals surface area contributed by atoms with E-state index in [1.807, 2.05) is 0 Å². The SMILES string of the molecule is CC(C)(C)c1cccc(-c2ccc3ccc4c(-c5ccc(CN)cc5)ccc5ccc2c3c54)c1. The Labute approximate surface area is 201 Å². The minimum absolute atomic E-state index is 0.119. The zero-order chi connectivity index (χ0) is 23.4. The third kappa shape index (κ3) is 3.28. The maximum absolute atomic E-state index is 5.82. The van der Waals surface area contributed by atoms with Crippen LogP contribution in [0.5, 0.6) is 0 Å². The standard InChI is InChI=1S/C33H29N/c1-33(2,3)26-6-4-5-25(19-26)28-16-12-24-13-17-29-27(22-9-7-21(20-34)8-10-22)15-11-23-14-18-30(28)32(24)31(23)29/h4-19H,20,34H2,1-3H3. The van der Waals surface area contributed by atoms with Crippen molar-refractivity contribution in [1.82, 2.24) is 0 Å². The summed E-state index contributed by atoms with van der Waals surface area (Å²) >= 11 is 0. The predicted molar refractivity (Wildman–Crippen MR) is 148 cm³/mol. The molecule has 6 aromatic carbocycles. The summed E-state index contributed by atoms with van der Waals surface area (Å²) in [4.78, 5) is 0. The lowest BCUT2D eigenvalue weighted by molar-refractivity contribution is 0.590. The third-order valence-corrected chi connectivity index (χ3v) is 7.20. The smallest absolute Gasteiger partial charge is 0.0178 e. The van der Waals surface area contributed by atoms with Crippen LogP contribution < -0.4 is 5.73 Å². The highest BCUT2D eigenvalue weighted by Crippen LogP contribution is 2.42. The van der Waals surface area contributed by atoms with Gasteiger partial charge in [0.05, 0.1) is 0 Å². The van der Waals surface area contributed by atoms with E-state index in [2.05, 4.69) is 118 Å². The summed E-state index contributed by atoms with van der Waals surface area (Å²) in [7, 11) is 0. The first-order valence-electron chi connectivity index (χ1n) is 12.0. The van der Waals surface area contributed by atoms with Crippen molar-refractivity contribution < 1.29 is 0 Å². The Bertz CT molecular complexity index is 1650. The normalized spacial score (nSPS) is 12.2. The Kier molecular flexibility index (Phi) is 4.72. The van der Waals surface area contributed by atoms with Crippen LogP contribution in [0.3, 0.4) is 0 Å². The lowest BCUT2D eigenvalue weighted by Crippen LogP contribution is -2.10. The third-order valence-electron chi connectivity index (χ3n) is 7.20. The highest BCUT2D eigenvalue weighted by molar-refractivity contribution is 6.27. The van der Waals surface area contributed by atoms with Crippen molar-refractivity contribution in [1.29, 1.82) is 0 Å². The summed E-state index contributed by atoms with van der Waals surface area (Å²) in [6.45, 7) is 7.39. The Balaban J connectivity index is 1.63. The molecule has 0 aliphatic carbocycles. The van der Waals surface area contributed by atoms with Crippen LogP contribution in [0, 0.1) is 0 Å². The first kappa shape index (κ1) is 20.9. The molecule has 166 valence electrons. The maximum atomic E-state index is 5.82. The molecular formula is C33H29N. The van der Waals surface area contributed by atoms with Crippen LogP contribution in [-0.2, 0) is 12.0 Å². The molecule has 6 rings (SSSR count). The number of rotatable bonds is 3. The zero-order valence-corrected chi connectivity index (χ0v) is 20.0. The van der Waals surface area contributed by atoms with Gasteiger partial charge in [-0.05, 0) is 71.1 Å². The molecule has 1 nitrogen and oxygen atoms in total. The molecule has 0 bridgehead atoms. The van der Waals surface area contributed by atoms with E-state index in [-0.39, 0.29) is 5.41 Å². The molecule has 0 aliphatic heterocycles. The molecule has 0 fully saturated rings. The summed E-state index contributed by atoms with van der Waals surface area (Å²) in [6, 6.07) is 35.9. The van der Waals surface area contributed by atoms with Crippen molar-refractivity contribution in [3.63, 3.8) is 0 Å². The second kappa shape index (κ2) is 7.68. The van der Waals surface area contributed by atoms with Gasteiger partial charge in [-0.15, -0.1) is 0 Å². The van der Waals surface area contributed by atoms with Crippen molar-refractivity contribution in [2.75, 3.05) is 0 Å². The molecule has 0 unspecified atom stereocenters. The van der Waals surface area contributed by atoms with Gasteiger partial charge in [0.15, 0.2) is 0 Å². The number of hydrogen-bond acceptors (Lipinski definition) is 1. The van der Waals surface area contributed by atoms with E-state index < -0.39 is 0 Å². The Morgan fingerprint density at radius 3 is 1.71 bits per heavy atom. The molecule has 34 heavy (non-hydrogen) atoms. The fourth-order valence-corrected chi connectivity index (χ4v) is 5.28. The van der Waals surface area contributed by atoms with Gasteiger partial charge >= 0.3 is 0 Å². The lowest BCUT2D eigenvalue weighted by atomic mass is 9.84. The predicted octanol–water partition coefficient (Wildman–Crippen LogP) is 8.67. The minimum Gasteiger partial charge on any atom is -0.326 e. The fourth-order valence-electron chi connectivity index (χ4n) is 5.28. The molecule has 0 heterocycles.